The van der Waals surface area contributed by atoms with Crippen molar-refractivity contribution in [3.05, 3.63) is 53.5 Å². The average Bonchev–Trinajstić information content (AvgIpc) is 3.34. The second kappa shape index (κ2) is 7.97. The molecular formula is C18H13N7O3S2. The Hall–Kier alpha value is -3.69. The predicted molar refractivity (Wildman–Crippen MR) is 111 cm³/mol. The van der Waals surface area contributed by atoms with Gasteiger partial charge in [0.1, 0.15) is 5.01 Å². The summed E-state index contributed by atoms with van der Waals surface area (Å²) < 4.78 is 31.2. The van der Waals surface area contributed by atoms with Gasteiger partial charge in [0, 0.05) is 11.3 Å². The van der Waals surface area contributed by atoms with E-state index < -0.39 is 16.1 Å². The van der Waals surface area contributed by atoms with E-state index >= 15 is 0 Å². The van der Waals surface area contributed by atoms with Gasteiger partial charge in [0.2, 0.25) is 21.9 Å². The van der Waals surface area contributed by atoms with Crippen LogP contribution in [0.2, 0.25) is 0 Å². The van der Waals surface area contributed by atoms with Crippen molar-refractivity contribution in [3.8, 4) is 17.5 Å². The van der Waals surface area contributed by atoms with Gasteiger partial charge in [0.25, 0.3) is 0 Å². The Morgan fingerprint density at radius 1 is 1.20 bits per heavy atom. The van der Waals surface area contributed by atoms with E-state index in [1.807, 2.05) is 30.3 Å². The van der Waals surface area contributed by atoms with Crippen molar-refractivity contribution in [2.24, 2.45) is 10.2 Å². The summed E-state index contributed by atoms with van der Waals surface area (Å²) in [7, 11) is -3.41. The van der Waals surface area contributed by atoms with Gasteiger partial charge in [-0.05, 0) is 24.3 Å². The standard InChI is InChI=1S/C18H13N7O3S2/c1-30(26,27)25-12-6-4-5-11(9-12)16-21-18(28-24-16)23-22-14(10-19)17-20-13-7-2-3-8-15(13)29-17/h2-9,14,25H,1H3. The number of benzene rings is 2. The minimum Gasteiger partial charge on any atom is -0.311 e. The maximum atomic E-state index is 11.4. The number of thiazole rings is 1. The number of azo groups is 1. The molecule has 0 radical (unpaired) electrons. The van der Waals surface area contributed by atoms with Crippen molar-refractivity contribution in [1.29, 1.82) is 5.26 Å². The van der Waals surface area contributed by atoms with Crippen LogP contribution in [-0.2, 0) is 10.0 Å². The third-order valence-corrected chi connectivity index (χ3v) is 5.46. The van der Waals surface area contributed by atoms with Crippen LogP contribution in [0.1, 0.15) is 11.0 Å². The van der Waals surface area contributed by atoms with Gasteiger partial charge in [-0.1, -0.05) is 34.5 Å². The maximum absolute atomic E-state index is 11.4. The van der Waals surface area contributed by atoms with Crippen molar-refractivity contribution in [2.75, 3.05) is 11.0 Å². The Labute approximate surface area is 175 Å². The second-order valence-electron chi connectivity index (χ2n) is 6.12. The first kappa shape index (κ1) is 19.6. The lowest BCUT2D eigenvalue weighted by atomic mass is 10.2. The molecule has 0 amide bonds. The molecule has 150 valence electrons. The fourth-order valence-corrected chi connectivity index (χ4v) is 4.05. The van der Waals surface area contributed by atoms with Gasteiger partial charge in [0.15, 0.2) is 0 Å². The van der Waals surface area contributed by atoms with Crippen LogP contribution in [0.15, 0.2) is 63.3 Å². The van der Waals surface area contributed by atoms with Crippen LogP contribution < -0.4 is 4.72 Å². The van der Waals surface area contributed by atoms with E-state index in [0.29, 0.717) is 16.3 Å². The number of sulfonamides is 1. The Kier molecular flexibility index (Phi) is 5.21. The topological polar surface area (TPSA) is 146 Å². The largest absolute Gasteiger partial charge is 0.366 e. The van der Waals surface area contributed by atoms with Crippen molar-refractivity contribution < 1.29 is 12.9 Å². The molecular weight excluding hydrogens is 426 g/mol. The van der Waals surface area contributed by atoms with Crippen LogP contribution in [0.4, 0.5) is 11.7 Å². The number of rotatable bonds is 6. The molecule has 0 saturated heterocycles. The lowest BCUT2D eigenvalue weighted by Crippen LogP contribution is -2.09. The summed E-state index contributed by atoms with van der Waals surface area (Å²) in [6, 6.07) is 15.1. The highest BCUT2D eigenvalue weighted by Crippen LogP contribution is 2.29. The van der Waals surface area contributed by atoms with Crippen LogP contribution in [0, 0.1) is 11.3 Å². The zero-order valence-corrected chi connectivity index (χ0v) is 17.1. The van der Waals surface area contributed by atoms with Gasteiger partial charge in [-0.2, -0.15) is 15.4 Å². The van der Waals surface area contributed by atoms with E-state index in [-0.39, 0.29) is 11.8 Å². The van der Waals surface area contributed by atoms with Gasteiger partial charge >= 0.3 is 6.01 Å². The average molecular weight is 439 g/mol. The summed E-state index contributed by atoms with van der Waals surface area (Å²) in [5.74, 6) is 0.203. The lowest BCUT2D eigenvalue weighted by molar-refractivity contribution is 0.425. The van der Waals surface area contributed by atoms with Crippen LogP contribution in [0.25, 0.3) is 21.6 Å². The molecule has 2 aromatic heterocycles. The smallest absolute Gasteiger partial charge is 0.311 e. The number of anilines is 1. The number of nitrogens with zero attached hydrogens (tertiary/aromatic N) is 6. The summed E-state index contributed by atoms with van der Waals surface area (Å²) in [6.07, 6.45) is 1.06. The second-order valence-corrected chi connectivity index (χ2v) is 8.93. The molecule has 30 heavy (non-hydrogen) atoms. The predicted octanol–water partition coefficient (Wildman–Crippen LogP) is 4.07. The fourth-order valence-electron chi connectivity index (χ4n) is 2.55. The zero-order valence-electron chi connectivity index (χ0n) is 15.4. The molecule has 1 unspecified atom stereocenters. The van der Waals surface area contributed by atoms with Gasteiger partial charge in [-0.25, -0.2) is 13.4 Å². The first-order chi connectivity index (χ1) is 14.4. The van der Waals surface area contributed by atoms with Gasteiger partial charge < -0.3 is 4.52 Å². The van der Waals surface area contributed by atoms with E-state index in [1.165, 1.54) is 11.3 Å². The number of para-hydroxylation sites is 1. The molecule has 0 spiro atoms. The van der Waals surface area contributed by atoms with Gasteiger partial charge in [-0.15, -0.1) is 11.3 Å². The molecule has 1 atom stereocenters. The minimum atomic E-state index is -3.41. The molecule has 0 saturated carbocycles. The van der Waals surface area contributed by atoms with Crippen LogP contribution in [0.5, 0.6) is 0 Å². The molecule has 2 heterocycles. The van der Waals surface area contributed by atoms with Gasteiger partial charge in [-0.3, -0.25) is 4.72 Å². The number of hydrogen-bond donors (Lipinski definition) is 1. The highest BCUT2D eigenvalue weighted by atomic mass is 32.2. The van der Waals surface area contributed by atoms with E-state index in [4.69, 9.17) is 4.52 Å². The van der Waals surface area contributed by atoms with E-state index in [0.717, 1.165) is 16.5 Å². The maximum Gasteiger partial charge on any atom is 0.366 e. The number of hydrogen-bond acceptors (Lipinski definition) is 10. The molecule has 4 rings (SSSR count). The summed E-state index contributed by atoms with van der Waals surface area (Å²) in [5, 5.41) is 21.6. The van der Waals surface area contributed by atoms with Gasteiger partial charge in [0.05, 0.1) is 22.5 Å². The number of aromatic nitrogens is 3. The number of nitrogens with one attached hydrogen (secondary N) is 1. The van der Waals surface area contributed by atoms with Crippen LogP contribution >= 0.6 is 11.3 Å². The van der Waals surface area contributed by atoms with Crippen LogP contribution in [-0.4, -0.2) is 29.8 Å². The van der Waals surface area contributed by atoms with E-state index in [1.54, 1.807) is 24.3 Å². The summed E-state index contributed by atoms with van der Waals surface area (Å²) in [5.41, 5.74) is 1.68. The summed E-state index contributed by atoms with van der Waals surface area (Å²) in [6.45, 7) is 0. The SMILES string of the molecule is CS(=O)(=O)Nc1cccc(-c2noc(N=NC(C#N)c3nc4ccccc4s3)n2)c1. The van der Waals surface area contributed by atoms with Crippen LogP contribution in [0.3, 0.4) is 0 Å². The first-order valence-corrected chi connectivity index (χ1v) is 11.2. The highest BCUT2D eigenvalue weighted by molar-refractivity contribution is 7.92. The molecule has 12 heteroatoms. The Balaban J connectivity index is 1.54. The molecule has 2 aromatic carbocycles. The normalized spacial score (nSPS) is 12.8. The number of fused-ring (bicyclic) bond motifs is 1. The lowest BCUT2D eigenvalue weighted by Gasteiger charge is -2.04. The molecule has 4 aromatic rings. The molecule has 1 N–H and O–H groups in total. The quantitative estimate of drug-likeness (QED) is 0.445. The zero-order chi connectivity index (χ0) is 21.1. The minimum absolute atomic E-state index is 0.132. The van der Waals surface area contributed by atoms with E-state index in [9.17, 15) is 13.7 Å². The Bertz CT molecular complexity index is 1350. The Morgan fingerprint density at radius 2 is 2.03 bits per heavy atom. The van der Waals surface area contributed by atoms with Crippen molar-refractivity contribution >= 4 is 43.3 Å². The molecule has 0 bridgehead atoms. The first-order valence-electron chi connectivity index (χ1n) is 8.49. The summed E-state index contributed by atoms with van der Waals surface area (Å²) in [4.78, 5) is 8.53. The van der Waals surface area contributed by atoms with Crippen molar-refractivity contribution in [2.45, 2.75) is 6.04 Å². The third kappa shape index (κ3) is 4.48. The molecule has 0 fully saturated rings. The van der Waals surface area contributed by atoms with Crippen molar-refractivity contribution in [3.63, 3.8) is 0 Å². The third-order valence-electron chi connectivity index (χ3n) is 3.76. The molecule has 10 nitrogen and oxygen atoms in total. The van der Waals surface area contributed by atoms with E-state index in [2.05, 4.69) is 30.1 Å². The number of nitriles is 1. The fraction of sp³-hybridized carbons (Fsp3) is 0.111. The molecule has 0 aliphatic heterocycles. The van der Waals surface area contributed by atoms with Crippen molar-refractivity contribution in [1.82, 2.24) is 15.1 Å². The Morgan fingerprint density at radius 3 is 2.80 bits per heavy atom. The highest BCUT2D eigenvalue weighted by Gasteiger charge is 2.16. The summed E-state index contributed by atoms with van der Waals surface area (Å²) >= 11 is 1.36. The molecule has 0 aliphatic rings. The molecule has 0 aliphatic carbocycles. The monoisotopic (exact) mass is 439 g/mol.